The molecule has 0 spiro atoms. The van der Waals surface area contributed by atoms with Crippen molar-refractivity contribution >= 4 is 10.9 Å². The zero-order valence-electron chi connectivity index (χ0n) is 10.7. The van der Waals surface area contributed by atoms with Crippen molar-refractivity contribution < 1.29 is 4.39 Å². The third kappa shape index (κ3) is 3.37. The van der Waals surface area contributed by atoms with Crippen molar-refractivity contribution in [1.29, 1.82) is 0 Å². The van der Waals surface area contributed by atoms with Crippen LogP contribution in [0.4, 0.5) is 4.39 Å². The van der Waals surface area contributed by atoms with Gasteiger partial charge in [0.2, 0.25) is 0 Å². The van der Waals surface area contributed by atoms with Crippen LogP contribution in [0.25, 0.3) is 0 Å². The smallest absolute Gasteiger partial charge is 0.128 e. The van der Waals surface area contributed by atoms with Gasteiger partial charge < -0.3 is 5.73 Å². The molecule has 0 aromatic heterocycles. The van der Waals surface area contributed by atoms with E-state index in [2.05, 4.69) is 9.08 Å². The van der Waals surface area contributed by atoms with Crippen molar-refractivity contribution in [1.82, 2.24) is 4.72 Å². The highest BCUT2D eigenvalue weighted by Gasteiger charge is 2.26. The monoisotopic (exact) mass is 269 g/mol. The lowest BCUT2D eigenvalue weighted by atomic mass is 9.95. The third-order valence-corrected chi connectivity index (χ3v) is 4.93. The second-order valence-electron chi connectivity index (χ2n) is 4.86. The molecule has 2 atom stereocenters. The number of rotatable bonds is 3. The molecule has 2 rings (SSSR count). The van der Waals surface area contributed by atoms with Gasteiger partial charge in [-0.25, -0.2) is 8.75 Å². The van der Waals surface area contributed by atoms with E-state index in [0.29, 0.717) is 11.3 Å². The van der Waals surface area contributed by atoms with E-state index in [9.17, 15) is 4.39 Å². The fourth-order valence-electron chi connectivity index (χ4n) is 2.03. The summed E-state index contributed by atoms with van der Waals surface area (Å²) in [5.41, 5.74) is 6.17. The molecule has 3 N–H and O–H groups in total. The summed E-state index contributed by atoms with van der Waals surface area (Å²) >= 11 is 0. The van der Waals surface area contributed by atoms with E-state index in [4.69, 9.17) is 5.73 Å². The number of nitrogens with one attached hydrogen (secondary N) is 1. The molecular weight excluding hydrogens is 249 g/mol. The molecule has 0 fully saturated rings. The molecule has 1 aliphatic heterocycles. The van der Waals surface area contributed by atoms with Gasteiger partial charge in [0.05, 0.1) is 5.54 Å². The molecule has 100 valence electrons. The zero-order chi connectivity index (χ0) is 13.0. The molecule has 1 aliphatic rings. The molecule has 1 heterocycles. The Labute approximate surface area is 110 Å². The zero-order valence-corrected chi connectivity index (χ0v) is 11.5. The molecule has 1 aromatic rings. The second kappa shape index (κ2) is 5.91. The number of halogens is 1. The van der Waals surface area contributed by atoms with Crippen molar-refractivity contribution in [3.63, 3.8) is 0 Å². The van der Waals surface area contributed by atoms with Gasteiger partial charge in [-0.3, -0.25) is 4.72 Å². The van der Waals surface area contributed by atoms with Crippen molar-refractivity contribution in [2.75, 3.05) is 18.8 Å². The molecule has 0 bridgehead atoms. The van der Waals surface area contributed by atoms with Crippen LogP contribution in [-0.2, 0) is 16.4 Å². The maximum absolute atomic E-state index is 13.8. The fraction of sp³-hybridized carbons (Fsp3) is 0.538. The minimum Gasteiger partial charge on any atom is -0.321 e. The van der Waals surface area contributed by atoms with Crippen LogP contribution in [0.2, 0.25) is 0 Å². The summed E-state index contributed by atoms with van der Waals surface area (Å²) in [7, 11) is -0.257. The van der Waals surface area contributed by atoms with Gasteiger partial charge in [0.15, 0.2) is 0 Å². The predicted octanol–water partition coefficient (Wildman–Crippen LogP) is 2.10. The molecule has 0 radical (unpaired) electrons. The molecule has 0 saturated carbocycles. The van der Waals surface area contributed by atoms with Crippen LogP contribution in [0.1, 0.15) is 25.3 Å². The van der Waals surface area contributed by atoms with E-state index >= 15 is 0 Å². The number of hydrogen-bond acceptors (Lipinski definition) is 3. The van der Waals surface area contributed by atoms with Gasteiger partial charge in [-0.1, -0.05) is 18.2 Å². The SMILES string of the molecule is C[C@](N)(CS1=NCCCCN1)c1ccccc1F. The lowest BCUT2D eigenvalue weighted by molar-refractivity contribution is 0.507. The summed E-state index contributed by atoms with van der Waals surface area (Å²) in [5, 5.41) is 0. The van der Waals surface area contributed by atoms with Crippen LogP contribution in [-0.4, -0.2) is 18.8 Å². The van der Waals surface area contributed by atoms with Gasteiger partial charge in [-0.05, 0) is 36.7 Å². The quantitative estimate of drug-likeness (QED) is 0.883. The lowest BCUT2D eigenvalue weighted by Gasteiger charge is -2.26. The topological polar surface area (TPSA) is 50.4 Å². The van der Waals surface area contributed by atoms with Crippen LogP contribution in [0.3, 0.4) is 0 Å². The van der Waals surface area contributed by atoms with E-state index in [1.807, 2.05) is 13.0 Å². The van der Waals surface area contributed by atoms with Crippen molar-refractivity contribution in [2.24, 2.45) is 10.1 Å². The Balaban J connectivity index is 2.16. The summed E-state index contributed by atoms with van der Waals surface area (Å²) in [6.45, 7) is 3.73. The van der Waals surface area contributed by atoms with Crippen LogP contribution in [0.5, 0.6) is 0 Å². The molecule has 18 heavy (non-hydrogen) atoms. The van der Waals surface area contributed by atoms with Gasteiger partial charge in [0.1, 0.15) is 5.82 Å². The maximum Gasteiger partial charge on any atom is 0.128 e. The summed E-state index contributed by atoms with van der Waals surface area (Å²) < 4.78 is 21.8. The normalized spacial score (nSPS) is 23.8. The summed E-state index contributed by atoms with van der Waals surface area (Å²) in [6, 6.07) is 6.73. The summed E-state index contributed by atoms with van der Waals surface area (Å²) in [5.74, 6) is 0.412. The molecular formula is C13H20FN3S. The minimum atomic E-state index is -0.685. The Bertz CT molecular complexity index is 446. The number of benzene rings is 1. The Kier molecular flexibility index (Phi) is 4.48. The first kappa shape index (κ1) is 13.6. The molecule has 0 saturated heterocycles. The van der Waals surface area contributed by atoms with Gasteiger partial charge in [0.25, 0.3) is 0 Å². The largest absolute Gasteiger partial charge is 0.321 e. The standard InChI is InChI=1S/C13H20FN3S/c1-13(15,11-6-2-3-7-12(11)14)10-18-16-8-4-5-9-17-18/h2-3,6-7H,4-5,8-10,15H2,1H3,(H,16,17)/t13-/m0/s1. The summed E-state index contributed by atoms with van der Waals surface area (Å²) in [6.07, 6.45) is 2.27. The predicted molar refractivity (Wildman–Crippen MR) is 74.7 cm³/mol. The van der Waals surface area contributed by atoms with E-state index in [-0.39, 0.29) is 16.7 Å². The molecule has 0 aliphatic carbocycles. The third-order valence-electron chi connectivity index (χ3n) is 3.03. The van der Waals surface area contributed by atoms with Gasteiger partial charge in [0, 0.05) is 24.4 Å². The molecule has 5 heteroatoms. The highest BCUT2D eigenvalue weighted by molar-refractivity contribution is 7.85. The Morgan fingerprint density at radius 1 is 1.44 bits per heavy atom. The number of nitrogens with two attached hydrogens (primary N) is 1. The van der Waals surface area contributed by atoms with E-state index in [1.54, 1.807) is 12.1 Å². The maximum atomic E-state index is 13.8. The number of nitrogens with zero attached hydrogens (tertiary/aromatic N) is 1. The first-order valence-corrected chi connectivity index (χ1v) is 7.60. The number of hydrogen-bond donors (Lipinski definition) is 2. The van der Waals surface area contributed by atoms with Crippen molar-refractivity contribution in [3.05, 3.63) is 35.6 Å². The first-order valence-electron chi connectivity index (χ1n) is 6.25. The molecule has 1 aromatic carbocycles. The van der Waals surface area contributed by atoms with E-state index in [1.165, 1.54) is 6.07 Å². The van der Waals surface area contributed by atoms with E-state index in [0.717, 1.165) is 25.9 Å². The Hall–Kier alpha value is -0.780. The highest BCUT2D eigenvalue weighted by atomic mass is 32.2. The average molecular weight is 269 g/mol. The Morgan fingerprint density at radius 3 is 3.00 bits per heavy atom. The van der Waals surface area contributed by atoms with Crippen LogP contribution in [0, 0.1) is 5.82 Å². The second-order valence-corrected chi connectivity index (χ2v) is 6.43. The fourth-order valence-corrected chi connectivity index (χ4v) is 3.77. The van der Waals surface area contributed by atoms with Gasteiger partial charge in [-0.15, -0.1) is 0 Å². The Morgan fingerprint density at radius 2 is 2.22 bits per heavy atom. The van der Waals surface area contributed by atoms with Crippen molar-refractivity contribution in [2.45, 2.75) is 25.3 Å². The highest BCUT2D eigenvalue weighted by Crippen LogP contribution is 2.22. The lowest BCUT2D eigenvalue weighted by Crippen LogP contribution is -2.42. The summed E-state index contributed by atoms with van der Waals surface area (Å²) in [4.78, 5) is 0. The van der Waals surface area contributed by atoms with Crippen LogP contribution < -0.4 is 10.5 Å². The van der Waals surface area contributed by atoms with Crippen LogP contribution in [0.15, 0.2) is 28.6 Å². The van der Waals surface area contributed by atoms with Gasteiger partial charge in [-0.2, -0.15) is 0 Å². The molecule has 0 amide bonds. The van der Waals surface area contributed by atoms with Gasteiger partial charge >= 0.3 is 0 Å². The minimum absolute atomic E-state index is 0.235. The first-order chi connectivity index (χ1) is 8.59. The van der Waals surface area contributed by atoms with Crippen LogP contribution >= 0.6 is 0 Å². The molecule has 1 unspecified atom stereocenters. The van der Waals surface area contributed by atoms with Crippen molar-refractivity contribution in [3.8, 4) is 0 Å². The molecule has 3 nitrogen and oxygen atoms in total. The average Bonchev–Trinajstić information content (AvgIpc) is 2.57. The van der Waals surface area contributed by atoms with E-state index < -0.39 is 5.54 Å².